The molecule has 0 heterocycles. The van der Waals surface area contributed by atoms with Crippen LogP contribution in [0.15, 0.2) is 24.3 Å². The molecule has 0 saturated heterocycles. The van der Waals surface area contributed by atoms with Crippen LogP contribution in [-0.4, -0.2) is 18.5 Å². The van der Waals surface area contributed by atoms with E-state index >= 15 is 0 Å². The molecular formula is C14H23ClN2O. The van der Waals surface area contributed by atoms with Crippen molar-refractivity contribution in [3.05, 3.63) is 35.4 Å². The number of benzene rings is 1. The fourth-order valence-electron chi connectivity index (χ4n) is 1.60. The summed E-state index contributed by atoms with van der Waals surface area (Å²) in [5, 5.41) is 2.91. The molecule has 102 valence electrons. The molecule has 18 heavy (non-hydrogen) atoms. The number of rotatable bonds is 5. The first-order valence-electron chi connectivity index (χ1n) is 6.09. The van der Waals surface area contributed by atoms with Crippen molar-refractivity contribution in [2.45, 2.75) is 33.2 Å². The van der Waals surface area contributed by atoms with Gasteiger partial charge in [-0.15, -0.1) is 12.4 Å². The van der Waals surface area contributed by atoms with Crippen LogP contribution in [0.4, 0.5) is 0 Å². The third-order valence-corrected chi connectivity index (χ3v) is 3.00. The van der Waals surface area contributed by atoms with E-state index in [0.29, 0.717) is 6.54 Å². The summed E-state index contributed by atoms with van der Waals surface area (Å²) in [6, 6.07) is 8.22. The molecule has 0 fully saturated rings. The summed E-state index contributed by atoms with van der Waals surface area (Å²) < 4.78 is 0. The third kappa shape index (κ3) is 5.52. The molecular weight excluding hydrogens is 248 g/mol. The number of nitrogens with two attached hydrogens (primary N) is 1. The number of hydrogen-bond donors (Lipinski definition) is 2. The fourth-order valence-corrected chi connectivity index (χ4v) is 1.60. The number of aryl methyl sites for hydroxylation is 1. The van der Waals surface area contributed by atoms with Crippen LogP contribution in [0, 0.1) is 12.8 Å². The van der Waals surface area contributed by atoms with Gasteiger partial charge in [0, 0.05) is 18.5 Å². The Labute approximate surface area is 116 Å². The highest BCUT2D eigenvalue weighted by molar-refractivity contribution is 5.85. The zero-order valence-electron chi connectivity index (χ0n) is 11.3. The molecule has 1 aromatic rings. The number of carbonyl (C=O) groups is 1. The van der Waals surface area contributed by atoms with Crippen LogP contribution < -0.4 is 11.1 Å². The Morgan fingerprint density at radius 3 is 2.61 bits per heavy atom. The van der Waals surface area contributed by atoms with Gasteiger partial charge in [0.15, 0.2) is 0 Å². The number of hydrogen-bond acceptors (Lipinski definition) is 2. The van der Waals surface area contributed by atoms with Crippen LogP contribution in [0.25, 0.3) is 0 Å². The minimum atomic E-state index is -0.132. The predicted molar refractivity (Wildman–Crippen MR) is 78.0 cm³/mol. The molecule has 4 heteroatoms. The molecule has 0 aromatic heterocycles. The maximum absolute atomic E-state index is 11.7. The Balaban J connectivity index is 0.00000289. The zero-order valence-corrected chi connectivity index (χ0v) is 12.1. The van der Waals surface area contributed by atoms with Gasteiger partial charge < -0.3 is 11.1 Å². The second kappa shape index (κ2) is 8.11. The average molecular weight is 271 g/mol. The van der Waals surface area contributed by atoms with Gasteiger partial charge in [-0.05, 0) is 25.8 Å². The Morgan fingerprint density at radius 1 is 1.39 bits per heavy atom. The molecule has 0 radical (unpaired) electrons. The molecule has 0 aliphatic carbocycles. The minimum absolute atomic E-state index is 0. The van der Waals surface area contributed by atoms with Crippen LogP contribution >= 0.6 is 12.4 Å². The lowest BCUT2D eigenvalue weighted by atomic mass is 10.0. The SMILES string of the molecule is Cc1cccc(CCNC(=O)C(C)C(C)N)c1.Cl. The third-order valence-electron chi connectivity index (χ3n) is 3.00. The molecule has 0 saturated carbocycles. The number of halogens is 1. The Kier molecular flexibility index (Phi) is 7.64. The highest BCUT2D eigenvalue weighted by atomic mass is 35.5. The first kappa shape index (κ1) is 16.9. The largest absolute Gasteiger partial charge is 0.355 e. The van der Waals surface area contributed by atoms with Gasteiger partial charge in [0.1, 0.15) is 0 Å². The smallest absolute Gasteiger partial charge is 0.224 e. The van der Waals surface area contributed by atoms with Gasteiger partial charge in [0.25, 0.3) is 0 Å². The van der Waals surface area contributed by atoms with E-state index in [-0.39, 0.29) is 30.3 Å². The standard InChI is InChI=1S/C14H22N2O.ClH/c1-10-5-4-6-13(9-10)7-8-16-14(17)11(2)12(3)15;/h4-6,9,11-12H,7-8,15H2,1-3H3,(H,16,17);1H. The molecule has 0 bridgehead atoms. The van der Waals surface area contributed by atoms with Gasteiger partial charge in [-0.1, -0.05) is 36.8 Å². The predicted octanol–water partition coefficient (Wildman–Crippen LogP) is 2.06. The Bertz CT molecular complexity index is 380. The summed E-state index contributed by atoms with van der Waals surface area (Å²) in [4.78, 5) is 11.7. The van der Waals surface area contributed by atoms with Crippen LogP contribution in [-0.2, 0) is 11.2 Å². The Hall–Kier alpha value is -1.06. The second-order valence-corrected chi connectivity index (χ2v) is 4.68. The van der Waals surface area contributed by atoms with E-state index in [9.17, 15) is 4.79 Å². The first-order chi connectivity index (χ1) is 8.00. The molecule has 0 spiro atoms. The monoisotopic (exact) mass is 270 g/mol. The quantitative estimate of drug-likeness (QED) is 0.861. The van der Waals surface area contributed by atoms with Crippen LogP contribution in [0.1, 0.15) is 25.0 Å². The number of amides is 1. The second-order valence-electron chi connectivity index (χ2n) is 4.68. The normalized spacial score (nSPS) is 13.3. The van der Waals surface area contributed by atoms with E-state index in [1.807, 2.05) is 19.9 Å². The van der Waals surface area contributed by atoms with E-state index in [0.717, 1.165) is 6.42 Å². The van der Waals surface area contributed by atoms with E-state index in [2.05, 4.69) is 30.4 Å². The number of carbonyl (C=O) groups excluding carboxylic acids is 1. The lowest BCUT2D eigenvalue weighted by molar-refractivity contribution is -0.124. The van der Waals surface area contributed by atoms with Gasteiger partial charge in [-0.3, -0.25) is 4.79 Å². The van der Waals surface area contributed by atoms with Crippen molar-refractivity contribution in [2.24, 2.45) is 11.7 Å². The van der Waals surface area contributed by atoms with Crippen molar-refractivity contribution < 1.29 is 4.79 Å². The van der Waals surface area contributed by atoms with Crippen molar-refractivity contribution >= 4 is 18.3 Å². The number of nitrogens with one attached hydrogen (secondary N) is 1. The lowest BCUT2D eigenvalue weighted by Gasteiger charge is -2.15. The van der Waals surface area contributed by atoms with Gasteiger partial charge in [0.05, 0.1) is 0 Å². The lowest BCUT2D eigenvalue weighted by Crippen LogP contribution is -2.39. The molecule has 2 unspecified atom stereocenters. The van der Waals surface area contributed by atoms with Crippen molar-refractivity contribution in [1.29, 1.82) is 0 Å². The molecule has 3 N–H and O–H groups in total. The zero-order chi connectivity index (χ0) is 12.8. The van der Waals surface area contributed by atoms with Crippen molar-refractivity contribution in [3.8, 4) is 0 Å². The summed E-state index contributed by atoms with van der Waals surface area (Å²) in [6.07, 6.45) is 0.860. The van der Waals surface area contributed by atoms with Crippen LogP contribution in [0.5, 0.6) is 0 Å². The summed E-state index contributed by atoms with van der Waals surface area (Å²) in [6.45, 7) is 6.44. The topological polar surface area (TPSA) is 55.1 Å². The van der Waals surface area contributed by atoms with Crippen molar-refractivity contribution in [1.82, 2.24) is 5.32 Å². The average Bonchev–Trinajstić information content (AvgIpc) is 2.27. The molecule has 1 aromatic carbocycles. The highest BCUT2D eigenvalue weighted by Crippen LogP contribution is 2.04. The maximum Gasteiger partial charge on any atom is 0.224 e. The summed E-state index contributed by atoms with van der Waals surface area (Å²) in [5.74, 6) is -0.0971. The maximum atomic E-state index is 11.7. The Morgan fingerprint density at radius 2 is 2.06 bits per heavy atom. The molecule has 1 rings (SSSR count). The summed E-state index contributed by atoms with van der Waals surface area (Å²) in [5.41, 5.74) is 8.18. The van der Waals surface area contributed by atoms with Gasteiger partial charge in [-0.25, -0.2) is 0 Å². The minimum Gasteiger partial charge on any atom is -0.355 e. The van der Waals surface area contributed by atoms with Gasteiger partial charge in [0.2, 0.25) is 5.91 Å². The van der Waals surface area contributed by atoms with Gasteiger partial charge in [-0.2, -0.15) is 0 Å². The van der Waals surface area contributed by atoms with E-state index in [4.69, 9.17) is 5.73 Å². The molecule has 3 nitrogen and oxygen atoms in total. The molecule has 0 aliphatic rings. The fraction of sp³-hybridized carbons (Fsp3) is 0.500. The van der Waals surface area contributed by atoms with Crippen molar-refractivity contribution in [2.75, 3.05) is 6.54 Å². The van der Waals surface area contributed by atoms with Crippen LogP contribution in [0.2, 0.25) is 0 Å². The van der Waals surface area contributed by atoms with Crippen molar-refractivity contribution in [3.63, 3.8) is 0 Å². The highest BCUT2D eigenvalue weighted by Gasteiger charge is 2.15. The van der Waals surface area contributed by atoms with E-state index < -0.39 is 0 Å². The summed E-state index contributed by atoms with van der Waals surface area (Å²) >= 11 is 0. The summed E-state index contributed by atoms with van der Waals surface area (Å²) in [7, 11) is 0. The first-order valence-corrected chi connectivity index (χ1v) is 6.09. The van der Waals surface area contributed by atoms with Crippen LogP contribution in [0.3, 0.4) is 0 Å². The molecule has 2 atom stereocenters. The van der Waals surface area contributed by atoms with E-state index in [1.54, 1.807) is 0 Å². The van der Waals surface area contributed by atoms with E-state index in [1.165, 1.54) is 11.1 Å². The molecule has 0 aliphatic heterocycles. The van der Waals surface area contributed by atoms with Gasteiger partial charge >= 0.3 is 0 Å². The molecule has 1 amide bonds.